The maximum absolute atomic E-state index is 11.9. The van der Waals surface area contributed by atoms with E-state index >= 15 is 0 Å². The molecule has 0 aromatic carbocycles. The van der Waals surface area contributed by atoms with Crippen molar-refractivity contribution < 1.29 is 4.79 Å². The molecule has 0 spiro atoms. The Morgan fingerprint density at radius 2 is 2.06 bits per heavy atom. The Morgan fingerprint density at radius 3 is 2.61 bits per heavy atom. The molecule has 0 aromatic heterocycles. The molecule has 106 valence electrons. The van der Waals surface area contributed by atoms with Crippen LogP contribution in [0.3, 0.4) is 0 Å². The monoisotopic (exact) mass is 255 g/mol. The first-order chi connectivity index (χ1) is 8.38. The molecule has 2 atom stereocenters. The van der Waals surface area contributed by atoms with Gasteiger partial charge in [-0.2, -0.15) is 0 Å². The lowest BCUT2D eigenvalue weighted by atomic mass is 10.0. The average Bonchev–Trinajstić information content (AvgIpc) is 2.55. The summed E-state index contributed by atoms with van der Waals surface area (Å²) in [7, 11) is 6.31. The molecule has 18 heavy (non-hydrogen) atoms. The fourth-order valence-electron chi connectivity index (χ4n) is 2.60. The topological polar surface area (TPSA) is 35.6 Å². The van der Waals surface area contributed by atoms with Crippen LogP contribution in [0.4, 0.5) is 0 Å². The number of nitrogens with one attached hydrogen (secondary N) is 1. The minimum absolute atomic E-state index is 0.216. The second-order valence-corrected chi connectivity index (χ2v) is 6.35. The number of carbonyl (C=O) groups is 1. The summed E-state index contributed by atoms with van der Waals surface area (Å²) in [6.45, 7) is 7.41. The van der Waals surface area contributed by atoms with Crippen LogP contribution in [-0.4, -0.2) is 62.5 Å². The molecule has 1 aliphatic rings. The van der Waals surface area contributed by atoms with Crippen LogP contribution in [0.2, 0.25) is 0 Å². The van der Waals surface area contributed by atoms with Gasteiger partial charge in [-0.1, -0.05) is 13.8 Å². The number of likely N-dealkylation sites (N-methyl/N-ethyl adjacent to an activating group) is 1. The first kappa shape index (κ1) is 15.4. The molecule has 1 amide bonds. The number of amides is 1. The van der Waals surface area contributed by atoms with Gasteiger partial charge in [0.15, 0.2) is 0 Å². The van der Waals surface area contributed by atoms with E-state index < -0.39 is 0 Å². The number of hydrogen-bond donors (Lipinski definition) is 1. The van der Waals surface area contributed by atoms with Crippen molar-refractivity contribution in [3.05, 3.63) is 0 Å². The number of carbonyl (C=O) groups excluding carboxylic acids is 1. The van der Waals surface area contributed by atoms with E-state index in [0.29, 0.717) is 24.3 Å². The fraction of sp³-hybridized carbons (Fsp3) is 0.929. The smallest absolute Gasteiger partial charge is 0.220 e. The van der Waals surface area contributed by atoms with Gasteiger partial charge in [0.2, 0.25) is 5.91 Å². The van der Waals surface area contributed by atoms with Crippen molar-refractivity contribution in [1.82, 2.24) is 15.1 Å². The van der Waals surface area contributed by atoms with Crippen molar-refractivity contribution in [3.63, 3.8) is 0 Å². The zero-order valence-electron chi connectivity index (χ0n) is 12.6. The zero-order chi connectivity index (χ0) is 13.7. The van der Waals surface area contributed by atoms with Crippen LogP contribution in [0.5, 0.6) is 0 Å². The van der Waals surface area contributed by atoms with Crippen molar-refractivity contribution >= 4 is 5.91 Å². The Labute approximate surface area is 112 Å². The van der Waals surface area contributed by atoms with Gasteiger partial charge in [0.05, 0.1) is 0 Å². The minimum Gasteiger partial charge on any atom is -0.352 e. The Hall–Kier alpha value is -0.610. The van der Waals surface area contributed by atoms with Crippen molar-refractivity contribution in [2.45, 2.75) is 32.7 Å². The molecule has 0 saturated carbocycles. The molecule has 1 rings (SSSR count). The summed E-state index contributed by atoms with van der Waals surface area (Å²) in [4.78, 5) is 16.4. The SMILES string of the molecule is CC(C)CCC(=O)N[C@@H]1CN(C)C[C@H]1CN(C)C. The number of nitrogens with zero attached hydrogens (tertiary/aromatic N) is 2. The van der Waals surface area contributed by atoms with Gasteiger partial charge in [-0.3, -0.25) is 4.79 Å². The molecule has 1 saturated heterocycles. The summed E-state index contributed by atoms with van der Waals surface area (Å²) in [6, 6.07) is 0.317. The van der Waals surface area contributed by atoms with Crippen molar-refractivity contribution in [2.24, 2.45) is 11.8 Å². The number of hydrogen-bond acceptors (Lipinski definition) is 3. The van der Waals surface area contributed by atoms with Gasteiger partial charge < -0.3 is 15.1 Å². The molecule has 0 bridgehead atoms. The molecule has 0 unspecified atom stereocenters. The summed E-state index contributed by atoms with van der Waals surface area (Å²) in [5.41, 5.74) is 0. The average molecular weight is 255 g/mol. The molecule has 0 aliphatic carbocycles. The Kier molecular flexibility index (Phi) is 6.09. The normalized spacial score (nSPS) is 25.1. The van der Waals surface area contributed by atoms with Gasteiger partial charge in [0.1, 0.15) is 0 Å². The highest BCUT2D eigenvalue weighted by atomic mass is 16.1. The third kappa shape index (κ3) is 5.36. The minimum atomic E-state index is 0.216. The molecule has 0 aromatic rings. The first-order valence-electron chi connectivity index (χ1n) is 7.01. The second kappa shape index (κ2) is 7.10. The van der Waals surface area contributed by atoms with E-state index in [0.717, 1.165) is 26.1 Å². The molecule has 1 heterocycles. The standard InChI is InChI=1S/C14H29N3O/c1-11(2)6-7-14(18)15-13-10-17(5)9-12(13)8-16(3)4/h11-13H,6-10H2,1-5H3,(H,15,18)/t12-,13-/m1/s1. The van der Waals surface area contributed by atoms with E-state index in [4.69, 9.17) is 0 Å². The lowest BCUT2D eigenvalue weighted by molar-refractivity contribution is -0.122. The summed E-state index contributed by atoms with van der Waals surface area (Å²) in [6.07, 6.45) is 1.64. The predicted octanol–water partition coefficient (Wildman–Crippen LogP) is 1.03. The van der Waals surface area contributed by atoms with Gasteiger partial charge in [-0.15, -0.1) is 0 Å². The largest absolute Gasteiger partial charge is 0.352 e. The van der Waals surface area contributed by atoms with E-state index in [1.807, 2.05) is 0 Å². The summed E-state index contributed by atoms with van der Waals surface area (Å²) in [5.74, 6) is 1.36. The molecule has 0 radical (unpaired) electrons. The molecule has 1 N–H and O–H groups in total. The Morgan fingerprint density at radius 1 is 1.39 bits per heavy atom. The maximum atomic E-state index is 11.9. The van der Waals surface area contributed by atoms with Crippen LogP contribution in [0.25, 0.3) is 0 Å². The Bertz CT molecular complexity index is 266. The van der Waals surface area contributed by atoms with E-state index in [-0.39, 0.29) is 5.91 Å². The van der Waals surface area contributed by atoms with E-state index in [9.17, 15) is 4.79 Å². The van der Waals surface area contributed by atoms with Gasteiger partial charge >= 0.3 is 0 Å². The van der Waals surface area contributed by atoms with Crippen molar-refractivity contribution in [2.75, 3.05) is 40.8 Å². The van der Waals surface area contributed by atoms with E-state index in [1.54, 1.807) is 0 Å². The van der Waals surface area contributed by atoms with E-state index in [2.05, 4.69) is 50.1 Å². The molecule has 1 fully saturated rings. The van der Waals surface area contributed by atoms with Crippen LogP contribution in [-0.2, 0) is 4.79 Å². The van der Waals surface area contributed by atoms with Crippen LogP contribution >= 0.6 is 0 Å². The summed E-state index contributed by atoms with van der Waals surface area (Å²) < 4.78 is 0. The zero-order valence-corrected chi connectivity index (χ0v) is 12.6. The highest BCUT2D eigenvalue weighted by Crippen LogP contribution is 2.16. The maximum Gasteiger partial charge on any atom is 0.220 e. The lowest BCUT2D eigenvalue weighted by Crippen LogP contribution is -2.43. The molecular weight excluding hydrogens is 226 g/mol. The van der Waals surface area contributed by atoms with Crippen LogP contribution in [0.1, 0.15) is 26.7 Å². The number of rotatable bonds is 6. The highest BCUT2D eigenvalue weighted by molar-refractivity contribution is 5.76. The first-order valence-corrected chi connectivity index (χ1v) is 7.01. The van der Waals surface area contributed by atoms with Crippen LogP contribution < -0.4 is 5.32 Å². The van der Waals surface area contributed by atoms with Gasteiger partial charge in [0, 0.05) is 38.0 Å². The summed E-state index contributed by atoms with van der Waals surface area (Å²) in [5, 5.41) is 3.21. The molecular formula is C14H29N3O. The fourth-order valence-corrected chi connectivity index (χ4v) is 2.60. The summed E-state index contributed by atoms with van der Waals surface area (Å²) >= 11 is 0. The van der Waals surface area contributed by atoms with Crippen LogP contribution in [0, 0.1) is 11.8 Å². The van der Waals surface area contributed by atoms with Crippen molar-refractivity contribution in [1.29, 1.82) is 0 Å². The Balaban J connectivity index is 2.40. The lowest BCUT2D eigenvalue weighted by Gasteiger charge is -2.23. The van der Waals surface area contributed by atoms with Gasteiger partial charge in [0.25, 0.3) is 0 Å². The van der Waals surface area contributed by atoms with E-state index in [1.165, 1.54) is 0 Å². The molecule has 1 aliphatic heterocycles. The predicted molar refractivity (Wildman–Crippen MR) is 75.5 cm³/mol. The third-order valence-corrected chi connectivity index (χ3v) is 3.52. The second-order valence-electron chi connectivity index (χ2n) is 6.35. The van der Waals surface area contributed by atoms with Gasteiger partial charge in [-0.05, 0) is 33.5 Å². The third-order valence-electron chi connectivity index (χ3n) is 3.52. The van der Waals surface area contributed by atoms with Crippen molar-refractivity contribution in [3.8, 4) is 0 Å². The molecule has 4 nitrogen and oxygen atoms in total. The highest BCUT2D eigenvalue weighted by Gasteiger charge is 2.31. The number of likely N-dealkylation sites (tertiary alicyclic amines) is 1. The van der Waals surface area contributed by atoms with Crippen LogP contribution in [0.15, 0.2) is 0 Å². The van der Waals surface area contributed by atoms with Gasteiger partial charge in [-0.25, -0.2) is 0 Å². The molecule has 4 heteroatoms. The quantitative estimate of drug-likeness (QED) is 0.770.